The van der Waals surface area contributed by atoms with Crippen molar-refractivity contribution >= 4 is 62.4 Å². The second-order valence-electron chi connectivity index (χ2n) is 12.0. The molecule has 240 valence electrons. The van der Waals surface area contributed by atoms with E-state index in [2.05, 4.69) is 15.6 Å². The summed E-state index contributed by atoms with van der Waals surface area (Å²) in [4.78, 5) is 59.7. The molecule has 11 heteroatoms. The van der Waals surface area contributed by atoms with Crippen LogP contribution in [0.25, 0.3) is 10.2 Å². The lowest BCUT2D eigenvalue weighted by Gasteiger charge is -2.33. The Kier molecular flexibility index (Phi) is 9.67. The molecule has 0 bridgehead atoms. The molecule has 0 radical (unpaired) electrons. The van der Waals surface area contributed by atoms with Crippen molar-refractivity contribution in [2.75, 3.05) is 22.2 Å². The maximum atomic E-state index is 13.8. The van der Waals surface area contributed by atoms with E-state index in [0.29, 0.717) is 17.1 Å². The minimum absolute atomic E-state index is 0.202. The molecule has 47 heavy (non-hydrogen) atoms. The van der Waals surface area contributed by atoms with E-state index < -0.39 is 29.5 Å². The van der Waals surface area contributed by atoms with Gasteiger partial charge in [0.05, 0.1) is 15.7 Å². The number of nitrogens with one attached hydrogen (secondary N) is 2. The fourth-order valence-electron chi connectivity index (χ4n) is 5.22. The molecule has 3 N–H and O–H groups in total. The van der Waals surface area contributed by atoms with Crippen molar-refractivity contribution in [3.63, 3.8) is 0 Å². The van der Waals surface area contributed by atoms with Crippen LogP contribution in [0.5, 0.6) is 0 Å². The third-order valence-electron chi connectivity index (χ3n) is 7.53. The topological polar surface area (TPSA) is 132 Å². The predicted molar refractivity (Wildman–Crippen MR) is 186 cm³/mol. The lowest BCUT2D eigenvalue weighted by molar-refractivity contribution is -0.120. The monoisotopic (exact) mass is 649 g/mol. The number of carboxylic acid groups (broad SMARTS) is 1. The molecule has 0 saturated heterocycles. The highest BCUT2D eigenvalue weighted by Crippen LogP contribution is 2.27. The van der Waals surface area contributed by atoms with Gasteiger partial charge in [-0.05, 0) is 80.9 Å². The number of benzene rings is 4. The molecule has 10 nitrogen and oxygen atoms in total. The number of carbonyl (C=O) groups is 4. The first-order chi connectivity index (χ1) is 22.4. The summed E-state index contributed by atoms with van der Waals surface area (Å²) >= 11 is 1.51. The molecule has 5 rings (SSSR count). The van der Waals surface area contributed by atoms with Crippen LogP contribution < -0.4 is 20.4 Å². The Labute approximate surface area is 276 Å². The summed E-state index contributed by atoms with van der Waals surface area (Å²) in [6.07, 6.45) is -0.858. The predicted octanol–water partition coefficient (Wildman–Crippen LogP) is 6.84. The van der Waals surface area contributed by atoms with Crippen molar-refractivity contribution < 1.29 is 24.3 Å². The number of hydrogen-bond acceptors (Lipinski definition) is 6. The molecule has 0 fully saturated rings. The van der Waals surface area contributed by atoms with E-state index in [9.17, 15) is 24.3 Å². The Balaban J connectivity index is 1.34. The molecule has 0 aliphatic carbocycles. The van der Waals surface area contributed by atoms with Gasteiger partial charge in [0, 0.05) is 47.2 Å². The number of hydrogen-bond donors (Lipinski definition) is 3. The van der Waals surface area contributed by atoms with E-state index in [-0.39, 0.29) is 23.5 Å². The number of amides is 4. The van der Waals surface area contributed by atoms with Crippen molar-refractivity contribution in [1.29, 1.82) is 0 Å². The molecule has 4 aromatic carbocycles. The van der Waals surface area contributed by atoms with Gasteiger partial charge in [-0.25, -0.2) is 9.78 Å². The summed E-state index contributed by atoms with van der Waals surface area (Å²) < 4.78 is 1.01. The highest BCUT2D eigenvalue weighted by molar-refractivity contribution is 7.16. The Bertz CT molecular complexity index is 1940. The zero-order chi connectivity index (χ0) is 33.7. The average molecular weight is 650 g/mol. The van der Waals surface area contributed by atoms with E-state index in [1.54, 1.807) is 75.8 Å². The second-order valence-corrected chi connectivity index (χ2v) is 12.9. The number of anilines is 3. The fourth-order valence-corrected chi connectivity index (χ4v) is 5.88. The van der Waals surface area contributed by atoms with Gasteiger partial charge in [-0.3, -0.25) is 19.3 Å². The zero-order valence-electron chi connectivity index (χ0n) is 26.4. The third-order valence-corrected chi connectivity index (χ3v) is 8.34. The number of carbonyl (C=O) groups excluding carboxylic acids is 3. The highest BCUT2D eigenvalue weighted by Gasteiger charge is 2.29. The van der Waals surface area contributed by atoms with Crippen molar-refractivity contribution in [3.8, 4) is 0 Å². The molecule has 4 amide bonds. The van der Waals surface area contributed by atoms with Crippen LogP contribution in [0.1, 0.15) is 47.1 Å². The SMILES string of the molecule is CN(C(=O)C(Cc1ccccc1)NC(=O)c1cccc(C(=O)Nc2cccc(N(C(=O)O)C(C)(C)C)c2)c1)c1ccc2scnc2c1. The van der Waals surface area contributed by atoms with Gasteiger partial charge in [0.15, 0.2) is 0 Å². The van der Waals surface area contributed by atoms with Gasteiger partial charge >= 0.3 is 6.09 Å². The Hall–Kier alpha value is -5.55. The molecule has 0 aliphatic heterocycles. The molecule has 1 atom stereocenters. The Morgan fingerprint density at radius 3 is 2.23 bits per heavy atom. The van der Waals surface area contributed by atoms with E-state index in [4.69, 9.17) is 0 Å². The van der Waals surface area contributed by atoms with Gasteiger partial charge in [-0.2, -0.15) is 0 Å². The lowest BCUT2D eigenvalue weighted by Crippen LogP contribution is -2.48. The summed E-state index contributed by atoms with van der Waals surface area (Å²) in [6.45, 7) is 5.33. The Morgan fingerprint density at radius 2 is 1.53 bits per heavy atom. The summed E-state index contributed by atoms with van der Waals surface area (Å²) in [5.74, 6) is -1.30. The minimum atomic E-state index is -1.12. The van der Waals surface area contributed by atoms with Crippen molar-refractivity contribution in [2.45, 2.75) is 38.8 Å². The van der Waals surface area contributed by atoms with Gasteiger partial charge in [0.2, 0.25) is 5.91 Å². The van der Waals surface area contributed by atoms with E-state index in [1.807, 2.05) is 48.5 Å². The van der Waals surface area contributed by atoms with Crippen LogP contribution in [-0.4, -0.2) is 52.5 Å². The molecular weight excluding hydrogens is 614 g/mol. The van der Waals surface area contributed by atoms with Crippen molar-refractivity contribution in [1.82, 2.24) is 10.3 Å². The first-order valence-electron chi connectivity index (χ1n) is 14.9. The first-order valence-corrected chi connectivity index (χ1v) is 15.8. The summed E-state index contributed by atoms with van der Waals surface area (Å²) in [5.41, 5.74) is 4.56. The second kappa shape index (κ2) is 13.8. The van der Waals surface area contributed by atoms with E-state index >= 15 is 0 Å². The summed E-state index contributed by atoms with van der Waals surface area (Å²) in [6, 6.07) is 26.9. The lowest BCUT2D eigenvalue weighted by atomic mass is 10.0. The van der Waals surface area contributed by atoms with Gasteiger partial charge in [0.25, 0.3) is 11.8 Å². The molecule has 1 heterocycles. The maximum Gasteiger partial charge on any atom is 0.412 e. The molecular formula is C36H35N5O5S. The molecule has 5 aromatic rings. The van der Waals surface area contributed by atoms with E-state index in [0.717, 1.165) is 15.8 Å². The van der Waals surface area contributed by atoms with Gasteiger partial charge in [0.1, 0.15) is 6.04 Å². The van der Waals surface area contributed by atoms with Crippen LogP contribution in [0.15, 0.2) is 103 Å². The van der Waals surface area contributed by atoms with Crippen LogP contribution in [0.2, 0.25) is 0 Å². The summed E-state index contributed by atoms with van der Waals surface area (Å²) in [7, 11) is 1.66. The van der Waals surface area contributed by atoms with Crippen molar-refractivity contribution in [3.05, 3.63) is 119 Å². The Morgan fingerprint density at radius 1 is 0.830 bits per heavy atom. The van der Waals surface area contributed by atoms with Crippen molar-refractivity contribution in [2.24, 2.45) is 0 Å². The molecule has 0 saturated carbocycles. The van der Waals surface area contributed by atoms with E-state index in [1.165, 1.54) is 27.2 Å². The summed E-state index contributed by atoms with van der Waals surface area (Å²) in [5, 5.41) is 15.4. The van der Waals surface area contributed by atoms with Crippen LogP contribution in [-0.2, 0) is 11.2 Å². The third kappa shape index (κ3) is 7.82. The van der Waals surface area contributed by atoms with Gasteiger partial charge < -0.3 is 20.6 Å². The van der Waals surface area contributed by atoms with Crippen LogP contribution in [0, 0.1) is 0 Å². The average Bonchev–Trinajstić information content (AvgIpc) is 3.52. The number of rotatable bonds is 9. The fraction of sp³-hybridized carbons (Fsp3) is 0.194. The van der Waals surface area contributed by atoms with Crippen LogP contribution in [0.4, 0.5) is 21.9 Å². The molecule has 1 aromatic heterocycles. The quantitative estimate of drug-likeness (QED) is 0.160. The maximum absolute atomic E-state index is 13.8. The number of thiazole rings is 1. The largest absolute Gasteiger partial charge is 0.465 e. The van der Waals surface area contributed by atoms with Crippen LogP contribution >= 0.6 is 11.3 Å². The van der Waals surface area contributed by atoms with Gasteiger partial charge in [-0.15, -0.1) is 11.3 Å². The highest BCUT2D eigenvalue weighted by atomic mass is 32.1. The normalized spacial score (nSPS) is 11.8. The standard InChI is InChI=1S/C36H35N5O5S/c1-36(2,3)41(35(45)46)28-15-9-14-26(20-28)38-32(42)24-12-8-13-25(19-24)33(43)39-30(18-23-10-6-5-7-11-23)34(44)40(4)27-16-17-31-29(21-27)37-22-47-31/h5-17,19-22,30H,18H2,1-4H3,(H,38,42)(H,39,43)(H,45,46). The zero-order valence-corrected chi connectivity index (χ0v) is 27.2. The first kappa shape index (κ1) is 32.8. The smallest absolute Gasteiger partial charge is 0.412 e. The minimum Gasteiger partial charge on any atom is -0.465 e. The molecule has 0 aliphatic rings. The molecule has 0 spiro atoms. The van der Waals surface area contributed by atoms with Crippen LogP contribution in [0.3, 0.4) is 0 Å². The molecule has 1 unspecified atom stereocenters. The van der Waals surface area contributed by atoms with Gasteiger partial charge in [-0.1, -0.05) is 42.5 Å². The number of aromatic nitrogens is 1. The number of fused-ring (bicyclic) bond motifs is 1. The number of nitrogens with zero attached hydrogens (tertiary/aromatic N) is 3. The number of likely N-dealkylation sites (N-methyl/N-ethyl adjacent to an activating group) is 1.